The molecule has 0 radical (unpaired) electrons. The predicted molar refractivity (Wildman–Crippen MR) is 193 cm³/mol. The summed E-state index contributed by atoms with van der Waals surface area (Å²) in [6.07, 6.45) is 3.06. The molecule has 302 valence electrons. The summed E-state index contributed by atoms with van der Waals surface area (Å²) in [5.74, 6) is 0.873. The fourth-order valence-electron chi connectivity index (χ4n) is 3.92. The Morgan fingerprint density at radius 2 is 1.04 bits per heavy atom. The topological polar surface area (TPSA) is 371 Å². The van der Waals surface area contributed by atoms with E-state index in [0.29, 0.717) is 35.6 Å². The Balaban J connectivity index is 2.56. The first kappa shape index (κ1) is 47.6. The number of aromatic nitrogens is 4. The summed E-state index contributed by atoms with van der Waals surface area (Å²) in [4.78, 5) is 99.1. The molecule has 0 bridgehead atoms. The van der Waals surface area contributed by atoms with Gasteiger partial charge in [-0.2, -0.15) is 8.62 Å². The van der Waals surface area contributed by atoms with Gasteiger partial charge in [-0.05, 0) is 27.7 Å². The first-order valence-electron chi connectivity index (χ1n) is 14.7. The van der Waals surface area contributed by atoms with Crippen LogP contribution in [0.5, 0.6) is 0 Å². The van der Waals surface area contributed by atoms with Crippen molar-refractivity contribution in [1.29, 1.82) is 0 Å². The van der Waals surface area contributed by atoms with E-state index in [1.54, 1.807) is 13.8 Å². The third-order valence-electron chi connectivity index (χ3n) is 6.47. The summed E-state index contributed by atoms with van der Waals surface area (Å²) < 4.78 is 63.6. The summed E-state index contributed by atoms with van der Waals surface area (Å²) in [6, 6.07) is 0. The minimum Gasteiger partial charge on any atom is -0.383 e. The highest BCUT2D eigenvalue weighted by atomic mass is 33.1. The van der Waals surface area contributed by atoms with Crippen LogP contribution in [0.4, 0.5) is 11.6 Å². The van der Waals surface area contributed by atoms with Crippen LogP contribution >= 0.6 is 52.9 Å². The largest absolute Gasteiger partial charge is 0.481 e. The van der Waals surface area contributed by atoms with Crippen LogP contribution in [0, 0.1) is 13.8 Å². The summed E-state index contributed by atoms with van der Waals surface area (Å²) in [5, 5.41) is 0. The van der Waals surface area contributed by atoms with Crippen molar-refractivity contribution in [2.24, 2.45) is 0 Å². The highest BCUT2D eigenvalue weighted by Gasteiger charge is 2.33. The van der Waals surface area contributed by atoms with Crippen LogP contribution in [0.15, 0.2) is 33.6 Å². The van der Waals surface area contributed by atoms with Gasteiger partial charge in [0.05, 0.1) is 26.3 Å². The number of amides is 2. The molecule has 2 rings (SSSR count). The van der Waals surface area contributed by atoms with E-state index in [9.17, 15) is 37.6 Å². The van der Waals surface area contributed by atoms with Crippen LogP contribution in [-0.2, 0) is 58.6 Å². The molecule has 0 aromatic carbocycles. The van der Waals surface area contributed by atoms with E-state index in [4.69, 9.17) is 40.1 Å². The number of hydrogen-bond acceptors (Lipinski definition) is 18. The average Bonchev–Trinajstić information content (AvgIpc) is 3.01. The van der Waals surface area contributed by atoms with Crippen LogP contribution in [-0.4, -0.2) is 85.1 Å². The minimum atomic E-state index is -5.45. The van der Waals surface area contributed by atoms with Crippen molar-refractivity contribution in [3.05, 3.63) is 56.4 Å². The highest BCUT2D eigenvalue weighted by molar-refractivity contribution is 8.79. The molecule has 0 spiro atoms. The fourth-order valence-corrected chi connectivity index (χ4v) is 9.92. The van der Waals surface area contributed by atoms with Crippen molar-refractivity contribution in [3.8, 4) is 0 Å². The van der Waals surface area contributed by atoms with Crippen molar-refractivity contribution >= 4 is 77.3 Å². The summed E-state index contributed by atoms with van der Waals surface area (Å²) in [7, 11) is -19.7. The second-order valence-corrected chi connectivity index (χ2v) is 18.5. The Bertz CT molecular complexity index is 1790. The molecule has 0 saturated carbocycles. The first-order valence-corrected chi connectivity index (χ1v) is 22.9. The number of aryl methyl sites for hydroxylation is 2. The quantitative estimate of drug-likeness (QED) is 0.0452. The van der Waals surface area contributed by atoms with Crippen molar-refractivity contribution in [3.63, 3.8) is 0 Å². The van der Waals surface area contributed by atoms with E-state index in [0.717, 1.165) is 21.6 Å². The van der Waals surface area contributed by atoms with Gasteiger partial charge in [0.1, 0.15) is 23.3 Å². The van der Waals surface area contributed by atoms with Crippen LogP contribution < -0.4 is 11.5 Å². The number of hydrogen-bond donors (Lipinski definition) is 8. The molecule has 0 aliphatic carbocycles. The summed E-state index contributed by atoms with van der Waals surface area (Å²) >= 11 is 0. The normalized spacial score (nSPS) is 15.4. The Morgan fingerprint density at radius 3 is 1.31 bits per heavy atom. The van der Waals surface area contributed by atoms with Gasteiger partial charge in [-0.3, -0.25) is 18.6 Å². The van der Waals surface area contributed by atoms with Crippen LogP contribution in [0.3, 0.4) is 0 Å². The van der Waals surface area contributed by atoms with E-state index in [-0.39, 0.29) is 58.8 Å². The maximum Gasteiger partial charge on any atom is 0.481 e. The summed E-state index contributed by atoms with van der Waals surface area (Å²) in [6.45, 7) is 4.45. The van der Waals surface area contributed by atoms with E-state index in [2.05, 4.69) is 28.6 Å². The lowest BCUT2D eigenvalue weighted by Crippen LogP contribution is -2.22. The number of nitrogens with zero attached hydrogens (tertiary/aromatic N) is 6. The number of rotatable bonds is 23. The van der Waals surface area contributed by atoms with E-state index in [1.807, 2.05) is 0 Å². The van der Waals surface area contributed by atoms with E-state index < -0.39 is 44.5 Å². The number of phosphoric acid groups is 4. The second kappa shape index (κ2) is 20.5. The monoisotopic (exact) mass is 882 g/mol. The molecule has 2 aromatic rings. The Hall–Kier alpha value is -2.60. The molecule has 2 atom stereocenters. The van der Waals surface area contributed by atoms with Crippen LogP contribution in [0.2, 0.25) is 0 Å². The molecule has 30 heteroatoms. The van der Waals surface area contributed by atoms with Gasteiger partial charge in [0.25, 0.3) is 0 Å². The Kier molecular flexibility index (Phi) is 18.1. The van der Waals surface area contributed by atoms with Crippen molar-refractivity contribution in [1.82, 2.24) is 29.7 Å². The molecule has 0 aliphatic rings. The van der Waals surface area contributed by atoms with Gasteiger partial charge >= 0.3 is 31.3 Å². The fraction of sp³-hybridized carbons (Fsp3) is 0.417. The molecule has 0 fully saturated rings. The van der Waals surface area contributed by atoms with Gasteiger partial charge in [-0.15, -0.1) is 0 Å². The van der Waals surface area contributed by atoms with Gasteiger partial charge in [-0.25, -0.2) is 38.2 Å². The standard InChI is InChI=1S/C24H38N8O16P4S2/c1-15(31(13-33)11-19-9-27-17(3)29-23(19)25)21(5-7-45-51(41,42)47-49(35,36)37)53-54-22(6-8-46-52(43,44)48-50(38,39)40)16(2)32(14-34)12-20-10-28-18(4)30-24(20)26/h9-10,13-14H,5-8,11-12H2,1-4H3,(H,41,42)(H,43,44)(H2,25,27,29)(H2,26,28,30)(H2,35,36,37)(H2,38,39,40). The average molecular weight is 883 g/mol. The first-order chi connectivity index (χ1) is 24.8. The Labute approximate surface area is 315 Å². The number of carbonyl (C=O) groups is 2. The van der Waals surface area contributed by atoms with E-state index >= 15 is 0 Å². The third-order valence-corrected chi connectivity index (χ3v) is 13.8. The Morgan fingerprint density at radius 1 is 0.704 bits per heavy atom. The van der Waals surface area contributed by atoms with Gasteiger partial charge in [0, 0.05) is 57.6 Å². The lowest BCUT2D eigenvalue weighted by molar-refractivity contribution is -0.117. The molecule has 2 aromatic heterocycles. The lowest BCUT2D eigenvalue weighted by atomic mass is 10.2. The van der Waals surface area contributed by atoms with E-state index in [1.165, 1.54) is 36.0 Å². The highest BCUT2D eigenvalue weighted by Crippen LogP contribution is 2.59. The molecule has 2 unspecified atom stereocenters. The molecular weight excluding hydrogens is 844 g/mol. The zero-order valence-electron chi connectivity index (χ0n) is 28.8. The number of nitrogens with two attached hydrogens (primary N) is 2. The predicted octanol–water partition coefficient (Wildman–Crippen LogP) is 2.74. The summed E-state index contributed by atoms with van der Waals surface area (Å²) in [5.41, 5.74) is 13.1. The number of phosphoric ester groups is 2. The molecule has 2 amide bonds. The second-order valence-electron chi connectivity index (χ2n) is 10.6. The van der Waals surface area contributed by atoms with Crippen molar-refractivity contribution < 1.29 is 74.9 Å². The zero-order chi connectivity index (χ0) is 41.1. The number of allylic oxidation sites excluding steroid dienone is 2. The van der Waals surface area contributed by atoms with Crippen LogP contribution in [0.1, 0.15) is 49.5 Å². The van der Waals surface area contributed by atoms with Crippen molar-refractivity contribution in [2.45, 2.75) is 53.6 Å². The number of nitrogen functional groups attached to an aromatic ring is 2. The lowest BCUT2D eigenvalue weighted by Gasteiger charge is -2.24. The molecular formula is C24H38N8O16P4S2. The van der Waals surface area contributed by atoms with Gasteiger partial charge in [-0.1, -0.05) is 21.6 Å². The minimum absolute atomic E-state index is 0.0724. The molecule has 24 nitrogen and oxygen atoms in total. The molecule has 0 aliphatic heterocycles. The van der Waals surface area contributed by atoms with Crippen LogP contribution in [0.25, 0.3) is 0 Å². The zero-order valence-corrected chi connectivity index (χ0v) is 34.0. The molecule has 10 N–H and O–H groups in total. The van der Waals surface area contributed by atoms with Gasteiger partial charge < -0.3 is 50.6 Å². The molecule has 2 heterocycles. The number of carbonyl (C=O) groups excluding carboxylic acids is 2. The SMILES string of the molecule is CC(=C(CCOP(=O)(O)OP(=O)(O)O)SSC(CCOP(=O)(O)OP(=O)(O)O)=C(C)N(C=O)Cc1cnc(C)nc1N)N(C=O)Cc1cnc(C)nc1N. The molecule has 54 heavy (non-hydrogen) atoms. The smallest absolute Gasteiger partial charge is 0.383 e. The van der Waals surface area contributed by atoms with Gasteiger partial charge in [0.15, 0.2) is 0 Å². The maximum atomic E-state index is 12.3. The van der Waals surface area contributed by atoms with Crippen molar-refractivity contribution in [2.75, 3.05) is 24.7 Å². The van der Waals surface area contributed by atoms with Gasteiger partial charge in [0.2, 0.25) is 12.8 Å². The number of anilines is 2. The third kappa shape index (κ3) is 17.0. The molecule has 0 saturated heterocycles. The maximum absolute atomic E-state index is 12.3.